The summed E-state index contributed by atoms with van der Waals surface area (Å²) in [6.45, 7) is 1.73. The highest BCUT2D eigenvalue weighted by atomic mass is 16.9. The highest BCUT2D eigenvalue weighted by Crippen LogP contribution is 2.13. The van der Waals surface area contributed by atoms with Gasteiger partial charge in [0.1, 0.15) is 12.3 Å². The van der Waals surface area contributed by atoms with Crippen LogP contribution in [0.5, 0.6) is 5.75 Å². The van der Waals surface area contributed by atoms with E-state index in [2.05, 4.69) is 10.2 Å². The van der Waals surface area contributed by atoms with E-state index in [0.29, 0.717) is 18.6 Å². The Morgan fingerprint density at radius 1 is 1.06 bits per heavy atom. The maximum Gasteiger partial charge on any atom is 0.330 e. The number of nitrogens with one attached hydrogen (secondary N) is 1. The van der Waals surface area contributed by atoms with Gasteiger partial charge in [0.05, 0.1) is 13.2 Å². The van der Waals surface area contributed by atoms with Gasteiger partial charge in [-0.15, -0.1) is 10.1 Å². The summed E-state index contributed by atoms with van der Waals surface area (Å²) in [5, 5.41) is 11.6. The molecule has 0 unspecified atom stereocenters. The fourth-order valence-corrected chi connectivity index (χ4v) is 2.41. The topological polar surface area (TPSA) is 134 Å². The van der Waals surface area contributed by atoms with Gasteiger partial charge in [-0.05, 0) is 43.9 Å². The Labute approximate surface area is 180 Å². The molecule has 0 aliphatic rings. The lowest BCUT2D eigenvalue weighted by Gasteiger charge is -2.08. The van der Waals surface area contributed by atoms with Crippen LogP contribution in [0.1, 0.15) is 44.6 Å². The van der Waals surface area contributed by atoms with E-state index < -0.39 is 17.0 Å². The molecule has 1 aromatic carbocycles. The van der Waals surface area contributed by atoms with Gasteiger partial charge < -0.3 is 19.6 Å². The Morgan fingerprint density at radius 2 is 1.81 bits per heavy atom. The molecule has 0 fully saturated rings. The molecular weight excluding hydrogens is 408 g/mol. The standard InChI is InChI=1S/C21H28N2O8/c1-2-3-4-5-7-19(24)22-16-21(26)31-18-11-9-17(10-12-18)13-15-29-20(25)8-6-14-30-23(27)28/h2-3,9-12H,4-8,13-16H2,1H3,(H,22,24)/b3-2-. The molecule has 0 saturated carbocycles. The van der Waals surface area contributed by atoms with Crippen molar-refractivity contribution in [3.05, 3.63) is 52.1 Å². The Kier molecular flexibility index (Phi) is 12.7. The molecule has 10 heteroatoms. The van der Waals surface area contributed by atoms with Crippen LogP contribution in [-0.2, 0) is 30.4 Å². The molecule has 31 heavy (non-hydrogen) atoms. The third-order valence-corrected chi connectivity index (χ3v) is 3.97. The first-order valence-corrected chi connectivity index (χ1v) is 10.0. The van der Waals surface area contributed by atoms with Crippen LogP contribution in [0.2, 0.25) is 0 Å². The monoisotopic (exact) mass is 436 g/mol. The predicted molar refractivity (Wildman–Crippen MR) is 111 cm³/mol. The normalized spacial score (nSPS) is 10.5. The zero-order chi connectivity index (χ0) is 22.9. The third-order valence-electron chi connectivity index (χ3n) is 3.97. The molecule has 0 bridgehead atoms. The highest BCUT2D eigenvalue weighted by Gasteiger charge is 2.08. The maximum atomic E-state index is 11.8. The SMILES string of the molecule is C/C=C\CCCC(=O)NCC(=O)Oc1ccc(CCOC(=O)CCCO[N+](=O)[O-])cc1. The van der Waals surface area contributed by atoms with Crippen molar-refractivity contribution in [2.24, 2.45) is 0 Å². The van der Waals surface area contributed by atoms with Gasteiger partial charge in [-0.2, -0.15) is 0 Å². The molecule has 170 valence electrons. The summed E-state index contributed by atoms with van der Waals surface area (Å²) in [6, 6.07) is 6.70. The van der Waals surface area contributed by atoms with Crippen molar-refractivity contribution >= 4 is 17.8 Å². The molecule has 1 rings (SSSR count). The van der Waals surface area contributed by atoms with Gasteiger partial charge in [0.15, 0.2) is 0 Å². The Bertz CT molecular complexity index is 746. The van der Waals surface area contributed by atoms with Gasteiger partial charge in [-0.25, -0.2) is 4.79 Å². The lowest BCUT2D eigenvalue weighted by Crippen LogP contribution is -2.31. The summed E-state index contributed by atoms with van der Waals surface area (Å²) >= 11 is 0. The number of hydrogen-bond acceptors (Lipinski definition) is 8. The van der Waals surface area contributed by atoms with Crippen molar-refractivity contribution < 1.29 is 33.8 Å². The molecule has 0 aliphatic heterocycles. The first kappa shape index (κ1) is 25.6. The van der Waals surface area contributed by atoms with Crippen LogP contribution in [0.4, 0.5) is 0 Å². The molecule has 1 aromatic rings. The number of amides is 1. The zero-order valence-corrected chi connectivity index (χ0v) is 17.5. The van der Waals surface area contributed by atoms with Crippen LogP contribution >= 0.6 is 0 Å². The molecule has 0 spiro atoms. The van der Waals surface area contributed by atoms with Crippen molar-refractivity contribution in [3.63, 3.8) is 0 Å². The van der Waals surface area contributed by atoms with Gasteiger partial charge >= 0.3 is 11.9 Å². The van der Waals surface area contributed by atoms with E-state index >= 15 is 0 Å². The van der Waals surface area contributed by atoms with Crippen LogP contribution in [-0.4, -0.2) is 42.7 Å². The van der Waals surface area contributed by atoms with Crippen molar-refractivity contribution in [1.82, 2.24) is 5.32 Å². The number of allylic oxidation sites excluding steroid dienone is 2. The van der Waals surface area contributed by atoms with Crippen molar-refractivity contribution in [1.29, 1.82) is 0 Å². The minimum absolute atomic E-state index is 0.0368. The van der Waals surface area contributed by atoms with Gasteiger partial charge in [0, 0.05) is 19.3 Å². The third kappa shape index (κ3) is 13.4. The average Bonchev–Trinajstić information content (AvgIpc) is 2.74. The number of unbranched alkanes of at least 4 members (excludes halogenated alkanes) is 1. The molecule has 1 amide bonds. The first-order chi connectivity index (χ1) is 14.9. The molecule has 10 nitrogen and oxygen atoms in total. The molecule has 0 heterocycles. The molecule has 0 aliphatic carbocycles. The van der Waals surface area contributed by atoms with E-state index in [1.807, 2.05) is 19.1 Å². The molecule has 0 aromatic heterocycles. The van der Waals surface area contributed by atoms with Crippen LogP contribution < -0.4 is 10.1 Å². The second-order valence-electron chi connectivity index (χ2n) is 6.49. The van der Waals surface area contributed by atoms with Gasteiger partial charge in [0.25, 0.3) is 5.09 Å². The number of hydrogen-bond donors (Lipinski definition) is 1. The minimum Gasteiger partial charge on any atom is -0.465 e. The van der Waals surface area contributed by atoms with Crippen LogP contribution in [0.25, 0.3) is 0 Å². The highest BCUT2D eigenvalue weighted by molar-refractivity contribution is 5.82. The number of nitrogens with zero attached hydrogens (tertiary/aromatic N) is 1. The van der Waals surface area contributed by atoms with E-state index in [1.165, 1.54) is 0 Å². The Hall–Kier alpha value is -3.43. The predicted octanol–water partition coefficient (Wildman–Crippen LogP) is 2.53. The summed E-state index contributed by atoms with van der Waals surface area (Å²) in [5.41, 5.74) is 0.874. The number of ether oxygens (including phenoxy) is 2. The van der Waals surface area contributed by atoms with Gasteiger partial charge in [-0.3, -0.25) is 9.59 Å². The molecule has 0 radical (unpaired) electrons. The molecule has 0 atom stereocenters. The summed E-state index contributed by atoms with van der Waals surface area (Å²) in [4.78, 5) is 49.1. The fourth-order valence-electron chi connectivity index (χ4n) is 2.41. The summed E-state index contributed by atoms with van der Waals surface area (Å²) in [5.74, 6) is -0.874. The van der Waals surface area contributed by atoms with E-state index in [4.69, 9.17) is 9.47 Å². The number of esters is 2. The smallest absolute Gasteiger partial charge is 0.330 e. The van der Waals surface area contributed by atoms with E-state index in [0.717, 1.165) is 18.4 Å². The zero-order valence-electron chi connectivity index (χ0n) is 17.5. The van der Waals surface area contributed by atoms with Crippen molar-refractivity contribution in [3.8, 4) is 5.75 Å². The Morgan fingerprint density at radius 3 is 2.48 bits per heavy atom. The van der Waals surface area contributed by atoms with Gasteiger partial charge in [-0.1, -0.05) is 24.3 Å². The summed E-state index contributed by atoms with van der Waals surface area (Å²) in [7, 11) is 0. The summed E-state index contributed by atoms with van der Waals surface area (Å²) in [6.07, 6.45) is 6.50. The van der Waals surface area contributed by atoms with Crippen LogP contribution in [0.15, 0.2) is 36.4 Å². The summed E-state index contributed by atoms with van der Waals surface area (Å²) < 4.78 is 10.2. The minimum atomic E-state index is -0.907. The van der Waals surface area contributed by atoms with Crippen LogP contribution in [0, 0.1) is 10.1 Å². The number of carbonyl (C=O) groups excluding carboxylic acids is 3. The van der Waals surface area contributed by atoms with E-state index in [9.17, 15) is 24.5 Å². The number of rotatable bonds is 15. The van der Waals surface area contributed by atoms with E-state index in [-0.39, 0.29) is 38.5 Å². The number of carbonyl (C=O) groups is 3. The lowest BCUT2D eigenvalue weighted by molar-refractivity contribution is -0.757. The van der Waals surface area contributed by atoms with Crippen LogP contribution in [0.3, 0.4) is 0 Å². The van der Waals surface area contributed by atoms with Gasteiger partial charge in [0.2, 0.25) is 5.91 Å². The second-order valence-corrected chi connectivity index (χ2v) is 6.49. The lowest BCUT2D eigenvalue weighted by atomic mass is 10.1. The largest absolute Gasteiger partial charge is 0.465 e. The molecular formula is C21H28N2O8. The Balaban J connectivity index is 2.21. The average molecular weight is 436 g/mol. The van der Waals surface area contributed by atoms with E-state index in [1.54, 1.807) is 24.3 Å². The fraction of sp³-hybridized carbons (Fsp3) is 0.476. The first-order valence-electron chi connectivity index (χ1n) is 10.0. The molecule has 0 saturated heterocycles. The van der Waals surface area contributed by atoms with Crippen molar-refractivity contribution in [2.75, 3.05) is 19.8 Å². The maximum absolute atomic E-state index is 11.8. The molecule has 1 N–H and O–H groups in total. The quantitative estimate of drug-likeness (QED) is 0.111. The number of benzene rings is 1. The van der Waals surface area contributed by atoms with Crippen molar-refractivity contribution in [2.45, 2.75) is 45.4 Å². The second kappa shape index (κ2) is 15.4.